The van der Waals surface area contributed by atoms with Crippen molar-refractivity contribution in [2.24, 2.45) is 10.1 Å². The van der Waals surface area contributed by atoms with Gasteiger partial charge < -0.3 is 10.2 Å². The van der Waals surface area contributed by atoms with Crippen molar-refractivity contribution < 1.29 is 15.1 Å². The lowest BCUT2D eigenvalue weighted by molar-refractivity contribution is -0.0120. The largest absolute Gasteiger partial charge is 0.394 e. The molecular weight excluding hydrogens is 320 g/mol. The number of hydrogen-bond donors (Lipinski definition) is 4. The summed E-state index contributed by atoms with van der Waals surface area (Å²) in [6.07, 6.45) is 0. The van der Waals surface area contributed by atoms with Gasteiger partial charge in [-0.25, -0.2) is 5.48 Å². The second-order valence-electron chi connectivity index (χ2n) is 5.70. The lowest BCUT2D eigenvalue weighted by atomic mass is 10.0. The van der Waals surface area contributed by atoms with Crippen molar-refractivity contribution in [2.45, 2.75) is 5.54 Å². The van der Waals surface area contributed by atoms with Gasteiger partial charge >= 0.3 is 0 Å². The molecule has 0 radical (unpaired) electrons. The highest BCUT2D eigenvalue weighted by molar-refractivity contribution is 6.47. The second-order valence-corrected chi connectivity index (χ2v) is 5.70. The number of hydroxylamine groups is 1. The fourth-order valence-electron chi connectivity index (χ4n) is 2.33. The molecule has 2 aromatic rings. The van der Waals surface area contributed by atoms with E-state index in [0.29, 0.717) is 11.5 Å². The van der Waals surface area contributed by atoms with E-state index in [1.165, 1.54) is 0 Å². The van der Waals surface area contributed by atoms with E-state index in [0.717, 1.165) is 11.3 Å². The topological polar surface area (TPSA) is 98.5 Å². The van der Waals surface area contributed by atoms with Crippen molar-refractivity contribution in [3.05, 3.63) is 66.2 Å². The number of aliphatic imine (C=N–C) groups is 1. The van der Waals surface area contributed by atoms with Gasteiger partial charge in [0.15, 0.2) is 5.84 Å². The Kier molecular flexibility index (Phi) is 5.39. The minimum Gasteiger partial charge on any atom is -0.394 e. The molecule has 130 valence electrons. The number of amidine groups is 1. The Hall–Kier alpha value is -2.74. The zero-order valence-electron chi connectivity index (χ0n) is 13.6. The Morgan fingerprint density at radius 2 is 1.72 bits per heavy atom. The van der Waals surface area contributed by atoms with E-state index < -0.39 is 5.54 Å². The predicted octanol–water partition coefficient (Wildman–Crippen LogP) is 1.16. The smallest absolute Gasteiger partial charge is 0.174 e. The van der Waals surface area contributed by atoms with Crippen LogP contribution < -0.4 is 10.9 Å². The number of nitrogens with zero attached hydrogens (tertiary/aromatic N) is 2. The summed E-state index contributed by atoms with van der Waals surface area (Å²) in [6, 6.07) is 19.0. The lowest BCUT2D eigenvalue weighted by Crippen LogP contribution is -2.51. The van der Waals surface area contributed by atoms with Gasteiger partial charge in [-0.3, -0.25) is 15.3 Å². The maximum absolute atomic E-state index is 9.59. The molecule has 25 heavy (non-hydrogen) atoms. The summed E-state index contributed by atoms with van der Waals surface area (Å²) in [4.78, 5) is 9.77. The molecule has 0 unspecified atom stereocenters. The Balaban J connectivity index is 1.98. The number of benzene rings is 2. The molecule has 4 N–H and O–H groups in total. The highest BCUT2D eigenvalue weighted by Gasteiger charge is 2.34. The number of hydrazone groups is 1. The molecule has 0 saturated heterocycles. The Morgan fingerprint density at radius 1 is 1.08 bits per heavy atom. The Bertz CT molecular complexity index is 743. The Labute approximate surface area is 145 Å². The molecule has 0 bridgehead atoms. The number of aliphatic hydroxyl groups is 2. The first-order valence-corrected chi connectivity index (χ1v) is 7.90. The zero-order valence-corrected chi connectivity index (χ0v) is 13.6. The summed E-state index contributed by atoms with van der Waals surface area (Å²) in [7, 11) is 0. The van der Waals surface area contributed by atoms with Crippen LogP contribution >= 0.6 is 0 Å². The van der Waals surface area contributed by atoms with E-state index in [2.05, 4.69) is 21.0 Å². The molecule has 0 aliphatic carbocycles. The van der Waals surface area contributed by atoms with Gasteiger partial charge in [0.25, 0.3) is 0 Å². The third kappa shape index (κ3) is 4.03. The highest BCUT2D eigenvalue weighted by atomic mass is 16.6. The summed E-state index contributed by atoms with van der Waals surface area (Å²) < 4.78 is 0. The van der Waals surface area contributed by atoms with E-state index in [1.807, 2.05) is 60.7 Å². The van der Waals surface area contributed by atoms with Crippen molar-refractivity contribution in [1.29, 1.82) is 0 Å². The molecule has 7 heteroatoms. The molecule has 0 atom stereocenters. The minimum absolute atomic E-state index is 0.0671. The van der Waals surface area contributed by atoms with E-state index in [4.69, 9.17) is 4.84 Å². The lowest BCUT2D eigenvalue weighted by Gasteiger charge is -2.31. The highest BCUT2D eigenvalue weighted by Crippen LogP contribution is 2.16. The van der Waals surface area contributed by atoms with Gasteiger partial charge in [0.1, 0.15) is 17.9 Å². The number of anilines is 1. The van der Waals surface area contributed by atoms with Gasteiger partial charge in [-0.15, -0.1) is 0 Å². The van der Waals surface area contributed by atoms with Crippen LogP contribution in [0, 0.1) is 0 Å². The van der Waals surface area contributed by atoms with Crippen LogP contribution in [0.15, 0.2) is 70.8 Å². The molecule has 7 nitrogen and oxygen atoms in total. The molecule has 2 aromatic carbocycles. The van der Waals surface area contributed by atoms with Crippen LogP contribution in [-0.2, 0) is 4.84 Å². The summed E-state index contributed by atoms with van der Waals surface area (Å²) in [5.74, 6) is 0.337. The first kappa shape index (κ1) is 17.1. The van der Waals surface area contributed by atoms with Crippen molar-refractivity contribution in [1.82, 2.24) is 5.48 Å². The summed E-state index contributed by atoms with van der Waals surface area (Å²) in [5, 5.41) is 23.6. The average molecular weight is 340 g/mol. The standard InChI is InChI=1S/C18H20N4O3/c23-11-18(12-24)13-25-22-17(19-18)16(14-7-3-1-4-8-14)21-20-15-9-5-2-6-10-15/h1-10,20,23-24H,11-13H2,(H,19,22)/b21-16-. The molecule has 0 saturated carbocycles. The van der Waals surface area contributed by atoms with Crippen molar-refractivity contribution in [3.63, 3.8) is 0 Å². The van der Waals surface area contributed by atoms with Crippen molar-refractivity contribution in [2.75, 3.05) is 25.2 Å². The minimum atomic E-state index is -1.09. The number of rotatable bonds is 6. The van der Waals surface area contributed by atoms with E-state index in [1.54, 1.807) is 0 Å². The van der Waals surface area contributed by atoms with E-state index >= 15 is 0 Å². The molecule has 0 fully saturated rings. The van der Waals surface area contributed by atoms with Gasteiger partial charge in [0.05, 0.1) is 18.9 Å². The number of nitrogens with one attached hydrogen (secondary N) is 2. The normalized spacial score (nSPS) is 16.7. The van der Waals surface area contributed by atoms with Crippen LogP contribution in [0.4, 0.5) is 5.69 Å². The maximum atomic E-state index is 9.59. The fraction of sp³-hybridized carbons (Fsp3) is 0.222. The summed E-state index contributed by atoms with van der Waals surface area (Å²) >= 11 is 0. The molecule has 3 rings (SSSR count). The number of para-hydroxylation sites is 1. The monoisotopic (exact) mass is 340 g/mol. The Morgan fingerprint density at radius 3 is 2.36 bits per heavy atom. The van der Waals surface area contributed by atoms with Crippen LogP contribution in [0.3, 0.4) is 0 Å². The van der Waals surface area contributed by atoms with Gasteiger partial charge in [0.2, 0.25) is 0 Å². The van der Waals surface area contributed by atoms with Crippen LogP contribution in [0.5, 0.6) is 0 Å². The predicted molar refractivity (Wildman–Crippen MR) is 96.5 cm³/mol. The third-order valence-corrected chi connectivity index (χ3v) is 3.79. The molecular formula is C18H20N4O3. The zero-order chi connectivity index (χ0) is 17.5. The summed E-state index contributed by atoms with van der Waals surface area (Å²) in [5.41, 5.74) is 6.78. The average Bonchev–Trinajstić information content (AvgIpc) is 2.70. The van der Waals surface area contributed by atoms with Gasteiger partial charge in [-0.1, -0.05) is 48.5 Å². The maximum Gasteiger partial charge on any atom is 0.174 e. The molecule has 0 spiro atoms. The van der Waals surface area contributed by atoms with Crippen LogP contribution in [0.25, 0.3) is 0 Å². The molecule has 0 amide bonds. The third-order valence-electron chi connectivity index (χ3n) is 3.79. The van der Waals surface area contributed by atoms with Crippen LogP contribution in [0.1, 0.15) is 5.56 Å². The first-order chi connectivity index (χ1) is 12.3. The SMILES string of the molecule is OCC1(CO)CONC(/C(=N\Nc2ccccc2)c2ccccc2)=N1. The van der Waals surface area contributed by atoms with E-state index in [9.17, 15) is 10.2 Å². The quantitative estimate of drug-likeness (QED) is 0.467. The fourth-order valence-corrected chi connectivity index (χ4v) is 2.33. The number of hydrogen-bond acceptors (Lipinski definition) is 7. The first-order valence-electron chi connectivity index (χ1n) is 7.90. The van der Waals surface area contributed by atoms with E-state index in [-0.39, 0.29) is 19.8 Å². The summed E-state index contributed by atoms with van der Waals surface area (Å²) in [6.45, 7) is -0.594. The number of aliphatic hydroxyl groups excluding tert-OH is 2. The van der Waals surface area contributed by atoms with Gasteiger partial charge in [0, 0.05) is 5.56 Å². The van der Waals surface area contributed by atoms with Crippen LogP contribution in [-0.4, -0.2) is 47.1 Å². The molecule has 0 aromatic heterocycles. The van der Waals surface area contributed by atoms with Crippen LogP contribution in [0.2, 0.25) is 0 Å². The van der Waals surface area contributed by atoms with Crippen molar-refractivity contribution in [3.8, 4) is 0 Å². The molecule has 1 aliphatic rings. The van der Waals surface area contributed by atoms with Gasteiger partial charge in [-0.05, 0) is 12.1 Å². The van der Waals surface area contributed by atoms with Crippen molar-refractivity contribution >= 4 is 17.2 Å². The molecule has 1 aliphatic heterocycles. The second kappa shape index (κ2) is 7.89. The van der Waals surface area contributed by atoms with Gasteiger partial charge in [-0.2, -0.15) is 5.10 Å². The molecule has 1 heterocycles.